The second-order valence-electron chi connectivity index (χ2n) is 10.5. The van der Waals surface area contributed by atoms with E-state index in [4.69, 9.17) is 4.79 Å². The Bertz CT molecular complexity index is 1040. The summed E-state index contributed by atoms with van der Waals surface area (Å²) in [6.07, 6.45) is 0.846. The van der Waals surface area contributed by atoms with Crippen molar-refractivity contribution in [1.29, 1.82) is 0 Å². The van der Waals surface area contributed by atoms with Crippen molar-refractivity contribution in [3.8, 4) is 0 Å². The van der Waals surface area contributed by atoms with E-state index < -0.39 is 36.0 Å². The molecule has 1 unspecified atom stereocenters. The number of benzene rings is 1. The minimum Gasteiger partial charge on any atom is -0.347 e. The summed E-state index contributed by atoms with van der Waals surface area (Å²) in [7, 11) is 1.70. The molecular weight excluding hydrogens is 501 g/mol. The van der Waals surface area contributed by atoms with E-state index >= 15 is 0 Å². The van der Waals surface area contributed by atoms with Crippen LogP contribution >= 0.6 is 0 Å². The predicted octanol–water partition coefficient (Wildman–Crippen LogP) is 2.83. The van der Waals surface area contributed by atoms with Crippen molar-refractivity contribution in [3.63, 3.8) is 0 Å². The molecule has 4 atom stereocenters. The molecule has 3 rings (SSSR count). The van der Waals surface area contributed by atoms with Crippen molar-refractivity contribution in [2.45, 2.75) is 77.3 Å². The summed E-state index contributed by atoms with van der Waals surface area (Å²) in [4.78, 5) is 49.5. The molecule has 0 aromatic heterocycles. The number of rotatable bonds is 6. The number of carbonyl (C=O) groups is 4. The maximum absolute atomic E-state index is 13.5. The van der Waals surface area contributed by atoms with Gasteiger partial charge in [-0.3, -0.25) is 19.2 Å². The molecule has 1 aromatic carbocycles. The highest BCUT2D eigenvalue weighted by molar-refractivity contribution is 5.95. The number of amides is 3. The lowest BCUT2D eigenvalue weighted by atomic mass is 9.85. The monoisotopic (exact) mass is 538 g/mol. The highest BCUT2D eigenvalue weighted by Gasteiger charge is 2.41. The number of aryl methyl sites for hydroxylation is 1. The van der Waals surface area contributed by atoms with Gasteiger partial charge in [-0.05, 0) is 49.8 Å². The molecule has 0 spiro atoms. The Labute approximate surface area is 221 Å². The number of nitrogens with zero attached hydrogens (tertiary/aromatic N) is 1. The zero-order valence-electron chi connectivity index (χ0n) is 22.4. The third kappa shape index (κ3) is 8.41. The van der Waals surface area contributed by atoms with E-state index in [1.807, 2.05) is 39.0 Å². The Morgan fingerprint density at radius 3 is 2.34 bits per heavy atom. The molecule has 3 N–H and O–H groups in total. The summed E-state index contributed by atoms with van der Waals surface area (Å²) in [6.45, 7) is 7.84. The molecule has 210 valence electrons. The average Bonchev–Trinajstić information content (AvgIpc) is 3.36. The number of hydrogen-bond acceptors (Lipinski definition) is 5. The molecule has 1 aliphatic heterocycles. The summed E-state index contributed by atoms with van der Waals surface area (Å²) >= 11 is 0. The zero-order chi connectivity index (χ0) is 28.7. The quantitative estimate of drug-likeness (QED) is 0.382. The van der Waals surface area contributed by atoms with Gasteiger partial charge in [0, 0.05) is 6.54 Å². The van der Waals surface area contributed by atoms with Gasteiger partial charge in [0.25, 0.3) is 0 Å². The lowest BCUT2D eigenvalue weighted by Gasteiger charge is -2.36. The van der Waals surface area contributed by atoms with Gasteiger partial charge in [-0.1, -0.05) is 57.2 Å². The largest absolute Gasteiger partial charge is 0.446 e. The van der Waals surface area contributed by atoms with Gasteiger partial charge < -0.3 is 20.9 Å². The molecule has 8 nitrogen and oxygen atoms in total. The van der Waals surface area contributed by atoms with Gasteiger partial charge in [0.15, 0.2) is 0 Å². The van der Waals surface area contributed by atoms with E-state index in [9.17, 15) is 27.6 Å². The van der Waals surface area contributed by atoms with Crippen LogP contribution in [0.15, 0.2) is 36.4 Å². The maximum Gasteiger partial charge on any atom is 0.446 e. The van der Waals surface area contributed by atoms with Crippen LogP contribution in [0, 0.1) is 5.41 Å². The normalized spacial score (nSPS) is 20.4. The molecule has 1 aromatic rings. The van der Waals surface area contributed by atoms with Crippen LogP contribution in [0.3, 0.4) is 0 Å². The van der Waals surface area contributed by atoms with Crippen LogP contribution in [0.2, 0.25) is 0 Å². The van der Waals surface area contributed by atoms with Crippen LogP contribution in [-0.2, 0) is 25.6 Å². The lowest BCUT2D eigenvalue weighted by Crippen LogP contribution is -2.59. The highest BCUT2D eigenvalue weighted by Crippen LogP contribution is 2.30. The lowest BCUT2D eigenvalue weighted by molar-refractivity contribution is -0.156. The van der Waals surface area contributed by atoms with E-state index in [1.54, 1.807) is 24.9 Å². The first-order valence-electron chi connectivity index (χ1n) is 12.6. The Morgan fingerprint density at radius 2 is 1.76 bits per heavy atom. The van der Waals surface area contributed by atoms with Gasteiger partial charge in [0.05, 0.1) is 12.1 Å². The van der Waals surface area contributed by atoms with E-state index in [-0.39, 0.29) is 23.8 Å². The van der Waals surface area contributed by atoms with Gasteiger partial charge in [0.1, 0.15) is 12.1 Å². The van der Waals surface area contributed by atoms with Crippen molar-refractivity contribution >= 4 is 24.0 Å². The summed E-state index contributed by atoms with van der Waals surface area (Å²) in [5, 5.41) is 8.95. The molecule has 3 amide bonds. The molecule has 38 heavy (non-hydrogen) atoms. The Morgan fingerprint density at radius 1 is 1.13 bits per heavy atom. The smallest absolute Gasteiger partial charge is 0.347 e. The number of aldehydes is 1. The molecule has 0 bridgehead atoms. The minimum absolute atomic E-state index is 0.0482. The van der Waals surface area contributed by atoms with Gasteiger partial charge in [0.2, 0.25) is 24.0 Å². The first-order valence-corrected chi connectivity index (χ1v) is 12.6. The van der Waals surface area contributed by atoms with Crippen LogP contribution in [-0.4, -0.2) is 66.8 Å². The first-order chi connectivity index (χ1) is 17.7. The minimum atomic E-state index is -4.64. The molecule has 2 aliphatic rings. The van der Waals surface area contributed by atoms with Crippen LogP contribution < -0.4 is 16.0 Å². The van der Waals surface area contributed by atoms with Crippen LogP contribution in [0.1, 0.15) is 57.7 Å². The standard InChI is InChI=1S/C25H36N4O3.C2HF3O/c1-16(26-5)22(30)28-21(25(2,3)4)24(32)29-15-9-14-20(29)23(31)27-19-13-8-11-17-10-6-7-12-18(17)19;3-2(4,5)1-6/h6-7,9-10,12,14,16,19-21,26H,8,11,13,15H2,1-5H3,(H,27,31)(H,28,30);1H/t16-,19+,20-,21?;/m0./s1. The third-order valence-electron chi connectivity index (χ3n) is 6.55. The molecule has 11 heteroatoms. The topological polar surface area (TPSA) is 108 Å². The molecule has 1 aliphatic carbocycles. The maximum atomic E-state index is 13.5. The van der Waals surface area contributed by atoms with Gasteiger partial charge in [-0.2, -0.15) is 13.2 Å². The summed E-state index contributed by atoms with van der Waals surface area (Å²) in [6, 6.07) is 6.32. The Hall–Kier alpha value is -3.21. The molecule has 0 saturated carbocycles. The Kier molecular flexibility index (Phi) is 10.6. The van der Waals surface area contributed by atoms with Crippen LogP contribution in [0.25, 0.3) is 0 Å². The number of fused-ring (bicyclic) bond motifs is 1. The highest BCUT2D eigenvalue weighted by atomic mass is 19.4. The van der Waals surface area contributed by atoms with Crippen molar-refractivity contribution in [1.82, 2.24) is 20.9 Å². The van der Waals surface area contributed by atoms with Crippen molar-refractivity contribution in [2.24, 2.45) is 5.41 Å². The van der Waals surface area contributed by atoms with Crippen LogP contribution in [0.4, 0.5) is 13.2 Å². The first kappa shape index (κ1) is 31.0. The van der Waals surface area contributed by atoms with Gasteiger partial charge in [-0.25, -0.2) is 0 Å². The van der Waals surface area contributed by atoms with Crippen molar-refractivity contribution in [3.05, 3.63) is 47.5 Å². The molecule has 0 saturated heterocycles. The molecule has 1 heterocycles. The van der Waals surface area contributed by atoms with Gasteiger partial charge >= 0.3 is 6.18 Å². The van der Waals surface area contributed by atoms with E-state index in [2.05, 4.69) is 28.1 Å². The number of halogens is 3. The fourth-order valence-electron chi connectivity index (χ4n) is 4.35. The second kappa shape index (κ2) is 13.0. The number of nitrogens with one attached hydrogen (secondary N) is 3. The second-order valence-corrected chi connectivity index (χ2v) is 10.5. The number of carbonyl (C=O) groups excluding carboxylic acids is 4. The predicted molar refractivity (Wildman–Crippen MR) is 137 cm³/mol. The van der Waals surface area contributed by atoms with Gasteiger partial charge in [-0.15, -0.1) is 0 Å². The fourth-order valence-corrected chi connectivity index (χ4v) is 4.35. The summed E-state index contributed by atoms with van der Waals surface area (Å²) < 4.78 is 31.2. The summed E-state index contributed by atoms with van der Waals surface area (Å²) in [5.41, 5.74) is 1.92. The number of alkyl halides is 3. The molecule has 0 fully saturated rings. The number of likely N-dealkylation sites (N-methyl/N-ethyl adjacent to an activating group) is 1. The zero-order valence-corrected chi connectivity index (χ0v) is 22.4. The third-order valence-corrected chi connectivity index (χ3v) is 6.55. The average molecular weight is 539 g/mol. The molecular formula is C27H37F3N4O4. The number of hydrogen-bond donors (Lipinski definition) is 3. The SMILES string of the molecule is CN[C@@H](C)C(=O)NC(C(=O)N1CC=C[C@H]1C(=O)N[C@@H]1CCCc2ccccc21)C(C)(C)C.O=CC(F)(F)F. The fraction of sp³-hybridized carbons (Fsp3) is 0.556. The summed E-state index contributed by atoms with van der Waals surface area (Å²) in [5.74, 6) is -0.674. The van der Waals surface area contributed by atoms with Crippen molar-refractivity contribution in [2.75, 3.05) is 13.6 Å². The molecule has 0 radical (unpaired) electrons. The van der Waals surface area contributed by atoms with Crippen molar-refractivity contribution < 1.29 is 32.3 Å². The Balaban J connectivity index is 0.000000757. The van der Waals surface area contributed by atoms with E-state index in [0.29, 0.717) is 6.54 Å². The van der Waals surface area contributed by atoms with E-state index in [1.165, 1.54) is 5.56 Å². The van der Waals surface area contributed by atoms with Crippen LogP contribution in [0.5, 0.6) is 0 Å². The van der Waals surface area contributed by atoms with E-state index in [0.717, 1.165) is 24.8 Å².